The average molecular weight is 361 g/mol. The van der Waals surface area contributed by atoms with E-state index < -0.39 is 21.3 Å². The molecule has 2 aromatic rings. The Morgan fingerprint density at radius 3 is 2.32 bits per heavy atom. The van der Waals surface area contributed by atoms with Gasteiger partial charge in [0, 0.05) is 0 Å². The molecule has 0 spiro atoms. The van der Waals surface area contributed by atoms with Crippen LogP contribution in [0.15, 0.2) is 59.5 Å². The van der Waals surface area contributed by atoms with E-state index in [1.807, 2.05) is 26.0 Å². The zero-order valence-corrected chi connectivity index (χ0v) is 15.3. The summed E-state index contributed by atoms with van der Waals surface area (Å²) in [7, 11) is -3.80. The van der Waals surface area contributed by atoms with Gasteiger partial charge >= 0.3 is 6.09 Å². The maximum absolute atomic E-state index is 13.0. The Morgan fingerprint density at radius 1 is 1.08 bits per heavy atom. The fourth-order valence-corrected chi connectivity index (χ4v) is 3.86. The van der Waals surface area contributed by atoms with Crippen LogP contribution in [0.5, 0.6) is 0 Å². The summed E-state index contributed by atoms with van der Waals surface area (Å²) in [6, 6.07) is 15.1. The fraction of sp³-hybridized carbons (Fsp3) is 0.316. The molecule has 0 aliphatic carbocycles. The normalized spacial score (nSPS) is 12.4. The van der Waals surface area contributed by atoms with Crippen LogP contribution in [0.3, 0.4) is 0 Å². The number of nitrogens with one attached hydrogen (secondary N) is 1. The Hall–Kier alpha value is -2.34. The van der Waals surface area contributed by atoms with Gasteiger partial charge in [-0.25, -0.2) is 13.2 Å². The summed E-state index contributed by atoms with van der Waals surface area (Å²) in [5.41, 5.74) is 1.49. The summed E-state index contributed by atoms with van der Waals surface area (Å²) in [4.78, 5) is 12.2. The maximum atomic E-state index is 13.0. The maximum Gasteiger partial charge on any atom is 0.408 e. The molecule has 1 atom stereocenters. The van der Waals surface area contributed by atoms with E-state index in [9.17, 15) is 13.2 Å². The summed E-state index contributed by atoms with van der Waals surface area (Å²) in [5.74, 6) is 0. The second-order valence-corrected chi connectivity index (χ2v) is 7.82. The lowest BCUT2D eigenvalue weighted by Gasteiger charge is -2.20. The highest BCUT2D eigenvalue weighted by Crippen LogP contribution is 2.27. The molecule has 0 aromatic heterocycles. The van der Waals surface area contributed by atoms with Crippen LogP contribution in [0.1, 0.15) is 36.3 Å². The zero-order chi connectivity index (χ0) is 18.3. The topological polar surface area (TPSA) is 72.5 Å². The van der Waals surface area contributed by atoms with Gasteiger partial charge in [-0.3, -0.25) is 0 Å². The third-order valence-corrected chi connectivity index (χ3v) is 5.68. The molecule has 2 aromatic carbocycles. The van der Waals surface area contributed by atoms with Crippen LogP contribution in [0, 0.1) is 6.92 Å². The first-order valence-electron chi connectivity index (χ1n) is 8.24. The third-order valence-electron chi connectivity index (χ3n) is 3.74. The number of aryl methyl sites for hydroxylation is 1. The van der Waals surface area contributed by atoms with Crippen molar-refractivity contribution in [3.63, 3.8) is 0 Å². The number of hydrogen-bond donors (Lipinski definition) is 1. The van der Waals surface area contributed by atoms with E-state index in [1.54, 1.807) is 30.3 Å². The van der Waals surface area contributed by atoms with Gasteiger partial charge in [0.1, 0.15) is 0 Å². The van der Waals surface area contributed by atoms with E-state index in [0.717, 1.165) is 18.4 Å². The predicted octanol–water partition coefficient (Wildman–Crippen LogP) is 3.99. The van der Waals surface area contributed by atoms with Crippen molar-refractivity contribution in [3.05, 3.63) is 65.7 Å². The number of hydrogen-bond acceptors (Lipinski definition) is 4. The summed E-state index contributed by atoms with van der Waals surface area (Å²) in [5, 5.41) is 1.30. The molecule has 0 saturated carbocycles. The molecule has 1 amide bonds. The van der Waals surface area contributed by atoms with Crippen molar-refractivity contribution in [2.45, 2.75) is 37.0 Å². The molecule has 0 aliphatic heterocycles. The standard InChI is InChI=1S/C19H23NO4S/c1-3-4-14-24-19(21)20-18(16-12-10-15(2)11-13-16)25(22,23)17-8-6-5-7-9-17/h5-13,18H,3-4,14H2,1-2H3,(H,20,21). The van der Waals surface area contributed by atoms with E-state index in [4.69, 9.17) is 4.74 Å². The van der Waals surface area contributed by atoms with Gasteiger partial charge in [-0.15, -0.1) is 0 Å². The van der Waals surface area contributed by atoms with Crippen molar-refractivity contribution < 1.29 is 17.9 Å². The molecule has 0 radical (unpaired) electrons. The lowest BCUT2D eigenvalue weighted by atomic mass is 10.1. The minimum atomic E-state index is -3.80. The summed E-state index contributed by atoms with van der Waals surface area (Å²) >= 11 is 0. The van der Waals surface area contributed by atoms with E-state index in [1.165, 1.54) is 12.1 Å². The van der Waals surface area contributed by atoms with Crippen LogP contribution in [-0.4, -0.2) is 21.1 Å². The van der Waals surface area contributed by atoms with Crippen molar-refractivity contribution in [1.29, 1.82) is 0 Å². The van der Waals surface area contributed by atoms with Crippen molar-refractivity contribution in [3.8, 4) is 0 Å². The zero-order valence-electron chi connectivity index (χ0n) is 14.4. The minimum absolute atomic E-state index is 0.148. The molecule has 0 fully saturated rings. The Morgan fingerprint density at radius 2 is 1.72 bits per heavy atom. The summed E-state index contributed by atoms with van der Waals surface area (Å²) in [6.45, 7) is 4.15. The van der Waals surface area contributed by atoms with Crippen LogP contribution in [0.4, 0.5) is 4.79 Å². The van der Waals surface area contributed by atoms with E-state index in [0.29, 0.717) is 5.56 Å². The molecular formula is C19H23NO4S. The highest BCUT2D eigenvalue weighted by atomic mass is 32.2. The first kappa shape index (κ1) is 19.0. The molecule has 1 N–H and O–H groups in total. The number of sulfone groups is 1. The van der Waals surface area contributed by atoms with Crippen molar-refractivity contribution in [1.82, 2.24) is 5.32 Å². The molecule has 0 aliphatic rings. The largest absolute Gasteiger partial charge is 0.450 e. The van der Waals surface area contributed by atoms with Crippen molar-refractivity contribution in [2.75, 3.05) is 6.61 Å². The molecule has 6 heteroatoms. The number of rotatable bonds is 7. The van der Waals surface area contributed by atoms with Gasteiger partial charge < -0.3 is 10.1 Å². The van der Waals surface area contributed by atoms with Gasteiger partial charge in [0.15, 0.2) is 5.37 Å². The highest BCUT2D eigenvalue weighted by molar-refractivity contribution is 7.91. The lowest BCUT2D eigenvalue weighted by Crippen LogP contribution is -2.34. The number of unbranched alkanes of at least 4 members (excludes halogenated alkanes) is 1. The second-order valence-electron chi connectivity index (χ2n) is 5.78. The number of benzene rings is 2. The quantitative estimate of drug-likeness (QED) is 0.757. The molecule has 0 heterocycles. The van der Waals surface area contributed by atoms with Crippen LogP contribution < -0.4 is 5.32 Å². The first-order chi connectivity index (χ1) is 11.9. The number of carbonyl (C=O) groups excluding carboxylic acids is 1. The first-order valence-corrected chi connectivity index (χ1v) is 9.78. The van der Waals surface area contributed by atoms with Gasteiger partial charge in [-0.05, 0) is 31.0 Å². The Labute approximate surface area is 148 Å². The molecule has 134 valence electrons. The SMILES string of the molecule is CCCCOC(=O)NC(c1ccc(C)cc1)S(=O)(=O)c1ccccc1. The van der Waals surface area contributed by atoms with Crippen LogP contribution in [0.25, 0.3) is 0 Å². The molecule has 25 heavy (non-hydrogen) atoms. The van der Waals surface area contributed by atoms with Crippen LogP contribution in [0.2, 0.25) is 0 Å². The van der Waals surface area contributed by atoms with Gasteiger partial charge in [0.2, 0.25) is 9.84 Å². The predicted molar refractivity (Wildman–Crippen MR) is 96.9 cm³/mol. The van der Waals surface area contributed by atoms with E-state index in [2.05, 4.69) is 5.32 Å². The second kappa shape index (κ2) is 8.67. The molecule has 0 bridgehead atoms. The van der Waals surface area contributed by atoms with Gasteiger partial charge in [0.25, 0.3) is 0 Å². The molecular weight excluding hydrogens is 338 g/mol. The minimum Gasteiger partial charge on any atom is -0.450 e. The monoisotopic (exact) mass is 361 g/mol. The molecule has 2 rings (SSSR count). The number of amides is 1. The van der Waals surface area contributed by atoms with Crippen molar-refractivity contribution in [2.24, 2.45) is 0 Å². The molecule has 5 nitrogen and oxygen atoms in total. The van der Waals surface area contributed by atoms with Crippen LogP contribution in [-0.2, 0) is 14.6 Å². The Bertz CT molecular complexity index is 786. The number of alkyl carbamates (subject to hydrolysis) is 1. The third kappa shape index (κ3) is 5.06. The fourth-order valence-electron chi connectivity index (χ4n) is 2.29. The number of ether oxygens (including phenoxy) is 1. The summed E-state index contributed by atoms with van der Waals surface area (Å²) in [6.07, 6.45) is 0.879. The number of carbonyl (C=O) groups is 1. The van der Waals surface area contributed by atoms with E-state index in [-0.39, 0.29) is 11.5 Å². The average Bonchev–Trinajstić information content (AvgIpc) is 2.61. The van der Waals surface area contributed by atoms with Gasteiger partial charge in [-0.1, -0.05) is 61.4 Å². The van der Waals surface area contributed by atoms with E-state index >= 15 is 0 Å². The highest BCUT2D eigenvalue weighted by Gasteiger charge is 2.31. The van der Waals surface area contributed by atoms with Gasteiger partial charge in [0.05, 0.1) is 11.5 Å². The van der Waals surface area contributed by atoms with Crippen LogP contribution >= 0.6 is 0 Å². The molecule has 0 saturated heterocycles. The summed E-state index contributed by atoms with van der Waals surface area (Å²) < 4.78 is 31.1. The Balaban J connectivity index is 2.32. The Kier molecular flexibility index (Phi) is 6.58. The smallest absolute Gasteiger partial charge is 0.408 e. The lowest BCUT2D eigenvalue weighted by molar-refractivity contribution is 0.143. The van der Waals surface area contributed by atoms with Gasteiger partial charge in [-0.2, -0.15) is 0 Å². The van der Waals surface area contributed by atoms with Crippen molar-refractivity contribution >= 4 is 15.9 Å². The molecule has 1 unspecified atom stereocenters.